The van der Waals surface area contributed by atoms with Crippen molar-refractivity contribution in [3.05, 3.63) is 58.6 Å². The molecule has 1 aromatic heterocycles. The van der Waals surface area contributed by atoms with Gasteiger partial charge in [0.1, 0.15) is 0 Å². The van der Waals surface area contributed by atoms with Crippen LogP contribution in [-0.4, -0.2) is 73.6 Å². The number of ether oxygens (including phenoxy) is 3. The van der Waals surface area contributed by atoms with Crippen LogP contribution >= 0.6 is 11.6 Å². The summed E-state index contributed by atoms with van der Waals surface area (Å²) in [6.07, 6.45) is 3.84. The van der Waals surface area contributed by atoms with E-state index in [2.05, 4.69) is 30.3 Å². The molecule has 198 valence electrons. The Bertz CT molecular complexity index is 1310. The number of nitrogens with zero attached hydrogens (tertiary/aromatic N) is 6. The van der Waals surface area contributed by atoms with E-state index in [0.717, 1.165) is 39.0 Å². The molecule has 0 atom stereocenters. The van der Waals surface area contributed by atoms with E-state index >= 15 is 0 Å². The van der Waals surface area contributed by atoms with Crippen molar-refractivity contribution in [3.8, 4) is 11.5 Å². The maximum atomic E-state index is 12.6. The van der Waals surface area contributed by atoms with Crippen molar-refractivity contribution >= 4 is 41.6 Å². The highest BCUT2D eigenvalue weighted by Crippen LogP contribution is 2.29. The molecule has 0 aliphatic carbocycles. The van der Waals surface area contributed by atoms with Gasteiger partial charge in [0.05, 0.1) is 37.1 Å². The first kappa shape index (κ1) is 25.7. The predicted molar refractivity (Wildman–Crippen MR) is 145 cm³/mol. The number of methoxy groups -OCH3 is 1. The SMILES string of the molecule is COc1cc(/C=N\Nc2nc(N3CCCC3)nc(N3CCOCC3)n2)ccc1OC(=O)c1ccccc1Cl. The third kappa shape index (κ3) is 6.12. The molecule has 0 amide bonds. The van der Waals surface area contributed by atoms with Gasteiger partial charge >= 0.3 is 5.97 Å². The van der Waals surface area contributed by atoms with Crippen molar-refractivity contribution in [2.45, 2.75) is 12.8 Å². The summed E-state index contributed by atoms with van der Waals surface area (Å²) in [6, 6.07) is 11.8. The zero-order valence-electron chi connectivity index (χ0n) is 21.0. The molecule has 3 heterocycles. The summed E-state index contributed by atoms with van der Waals surface area (Å²) in [7, 11) is 1.50. The maximum absolute atomic E-state index is 12.6. The van der Waals surface area contributed by atoms with E-state index < -0.39 is 5.97 Å². The standard InChI is InChI=1S/C26H28ClN7O4/c1-36-22-16-18(8-9-21(22)38-23(35)19-6-2-3-7-20(19)27)17-28-32-24-29-25(33-10-4-5-11-33)31-26(30-24)34-12-14-37-15-13-34/h2-3,6-9,16-17H,4-5,10-15H2,1H3,(H,29,30,31,32)/b28-17-. The van der Waals surface area contributed by atoms with Crippen LogP contribution in [0, 0.1) is 0 Å². The second-order valence-electron chi connectivity index (χ2n) is 8.70. The lowest BCUT2D eigenvalue weighted by Crippen LogP contribution is -2.38. The normalized spacial score (nSPS) is 15.6. The van der Waals surface area contributed by atoms with Gasteiger partial charge < -0.3 is 24.0 Å². The number of benzene rings is 2. The lowest BCUT2D eigenvalue weighted by molar-refractivity contribution is 0.0730. The molecule has 0 unspecified atom stereocenters. The molecule has 3 aromatic rings. The van der Waals surface area contributed by atoms with Crippen LogP contribution in [-0.2, 0) is 4.74 Å². The number of morpholine rings is 1. The van der Waals surface area contributed by atoms with E-state index in [1.807, 2.05) is 0 Å². The number of esters is 1. The van der Waals surface area contributed by atoms with Gasteiger partial charge in [0.25, 0.3) is 0 Å². The Balaban J connectivity index is 1.30. The van der Waals surface area contributed by atoms with Crippen molar-refractivity contribution in [2.75, 3.05) is 61.7 Å². The molecular weight excluding hydrogens is 510 g/mol. The number of aromatic nitrogens is 3. The number of rotatable bonds is 8. The third-order valence-electron chi connectivity index (χ3n) is 6.16. The predicted octanol–water partition coefficient (Wildman–Crippen LogP) is 3.64. The number of anilines is 3. The highest BCUT2D eigenvalue weighted by Gasteiger charge is 2.21. The molecule has 2 saturated heterocycles. The van der Waals surface area contributed by atoms with Gasteiger partial charge in [-0.25, -0.2) is 10.2 Å². The number of hydrazone groups is 1. The largest absolute Gasteiger partial charge is 0.493 e. The monoisotopic (exact) mass is 537 g/mol. The average Bonchev–Trinajstić information content (AvgIpc) is 3.50. The van der Waals surface area contributed by atoms with Crippen molar-refractivity contribution in [3.63, 3.8) is 0 Å². The van der Waals surface area contributed by atoms with Crippen molar-refractivity contribution in [1.29, 1.82) is 0 Å². The smallest absolute Gasteiger partial charge is 0.345 e. The van der Waals surface area contributed by atoms with Gasteiger partial charge in [0.2, 0.25) is 17.8 Å². The van der Waals surface area contributed by atoms with Crippen LogP contribution in [0.5, 0.6) is 11.5 Å². The van der Waals surface area contributed by atoms with Crippen LogP contribution in [0.4, 0.5) is 17.8 Å². The molecule has 5 rings (SSSR count). The Labute approximate surface area is 225 Å². The zero-order chi connectivity index (χ0) is 26.3. The Hall–Kier alpha value is -3.96. The van der Waals surface area contributed by atoms with Gasteiger partial charge in [-0.15, -0.1) is 0 Å². The first-order valence-corrected chi connectivity index (χ1v) is 12.8. The molecule has 0 spiro atoms. The average molecular weight is 538 g/mol. The maximum Gasteiger partial charge on any atom is 0.345 e. The molecule has 2 aliphatic heterocycles. The van der Waals surface area contributed by atoms with Crippen molar-refractivity contribution < 1.29 is 19.0 Å². The third-order valence-corrected chi connectivity index (χ3v) is 6.49. The minimum atomic E-state index is -0.573. The van der Waals surface area contributed by atoms with Gasteiger partial charge in [-0.05, 0) is 48.7 Å². The Kier molecular flexibility index (Phi) is 8.15. The van der Waals surface area contributed by atoms with Gasteiger partial charge in [-0.1, -0.05) is 23.7 Å². The molecule has 12 heteroatoms. The highest BCUT2D eigenvalue weighted by molar-refractivity contribution is 6.33. The summed E-state index contributed by atoms with van der Waals surface area (Å²) in [5.41, 5.74) is 3.92. The molecule has 0 bridgehead atoms. The first-order chi connectivity index (χ1) is 18.6. The summed E-state index contributed by atoms with van der Waals surface area (Å²) >= 11 is 6.11. The molecule has 2 aliphatic rings. The van der Waals surface area contributed by atoms with Crippen LogP contribution in [0.15, 0.2) is 47.6 Å². The van der Waals surface area contributed by atoms with Crippen LogP contribution in [0.2, 0.25) is 5.02 Å². The fourth-order valence-corrected chi connectivity index (χ4v) is 4.38. The zero-order valence-corrected chi connectivity index (χ0v) is 21.7. The fourth-order valence-electron chi connectivity index (χ4n) is 4.16. The van der Waals surface area contributed by atoms with Crippen LogP contribution in [0.25, 0.3) is 0 Å². The molecule has 38 heavy (non-hydrogen) atoms. The summed E-state index contributed by atoms with van der Waals surface area (Å²) in [5.74, 6) is 1.68. The van der Waals surface area contributed by atoms with E-state index in [1.54, 1.807) is 48.7 Å². The van der Waals surface area contributed by atoms with Gasteiger partial charge in [0, 0.05) is 26.2 Å². The van der Waals surface area contributed by atoms with E-state index in [-0.39, 0.29) is 11.3 Å². The minimum absolute atomic E-state index is 0.269. The Morgan fingerprint density at radius 3 is 2.42 bits per heavy atom. The highest BCUT2D eigenvalue weighted by atomic mass is 35.5. The van der Waals surface area contributed by atoms with Gasteiger partial charge in [-0.3, -0.25) is 0 Å². The number of halogens is 1. The minimum Gasteiger partial charge on any atom is -0.493 e. The van der Waals surface area contributed by atoms with Crippen LogP contribution < -0.4 is 24.7 Å². The Morgan fingerprint density at radius 1 is 1.00 bits per heavy atom. The number of nitrogens with one attached hydrogen (secondary N) is 1. The molecule has 0 radical (unpaired) electrons. The molecule has 2 fully saturated rings. The first-order valence-electron chi connectivity index (χ1n) is 12.4. The topological polar surface area (TPSA) is 114 Å². The summed E-state index contributed by atoms with van der Waals surface area (Å²) in [5, 5.41) is 4.63. The lowest BCUT2D eigenvalue weighted by atomic mass is 10.2. The number of carbonyl (C=O) groups excluding carboxylic acids is 1. The van der Waals surface area contributed by atoms with E-state index in [0.29, 0.717) is 47.4 Å². The Morgan fingerprint density at radius 2 is 1.71 bits per heavy atom. The summed E-state index contributed by atoms with van der Waals surface area (Å²) in [6.45, 7) is 4.55. The lowest BCUT2D eigenvalue weighted by Gasteiger charge is -2.27. The summed E-state index contributed by atoms with van der Waals surface area (Å²) < 4.78 is 16.4. The summed E-state index contributed by atoms with van der Waals surface area (Å²) in [4.78, 5) is 30.7. The van der Waals surface area contributed by atoms with Gasteiger partial charge in [-0.2, -0.15) is 20.1 Å². The molecule has 11 nitrogen and oxygen atoms in total. The number of hydrogen-bond donors (Lipinski definition) is 1. The van der Waals surface area contributed by atoms with Crippen molar-refractivity contribution in [2.24, 2.45) is 5.10 Å². The molecule has 1 N–H and O–H groups in total. The molecule has 0 saturated carbocycles. The quantitative estimate of drug-likeness (QED) is 0.198. The van der Waals surface area contributed by atoms with E-state index in [9.17, 15) is 4.79 Å². The number of hydrogen-bond acceptors (Lipinski definition) is 11. The second kappa shape index (κ2) is 12.1. The fraction of sp³-hybridized carbons (Fsp3) is 0.346. The van der Waals surface area contributed by atoms with Crippen LogP contribution in [0.1, 0.15) is 28.8 Å². The van der Waals surface area contributed by atoms with Crippen LogP contribution in [0.3, 0.4) is 0 Å². The van der Waals surface area contributed by atoms with E-state index in [1.165, 1.54) is 7.11 Å². The van der Waals surface area contributed by atoms with E-state index in [4.69, 9.17) is 30.8 Å². The molecule has 2 aromatic carbocycles. The second-order valence-corrected chi connectivity index (χ2v) is 9.11. The molecular formula is C26H28ClN7O4. The van der Waals surface area contributed by atoms with Crippen molar-refractivity contribution in [1.82, 2.24) is 15.0 Å². The van der Waals surface area contributed by atoms with Gasteiger partial charge in [0.15, 0.2) is 11.5 Å². The number of carbonyl (C=O) groups is 1.